The van der Waals surface area contributed by atoms with E-state index in [1.54, 1.807) is 4.88 Å². The summed E-state index contributed by atoms with van der Waals surface area (Å²) in [7, 11) is 0. The first-order valence-electron chi connectivity index (χ1n) is 7.37. The average molecular weight is 264 g/mol. The van der Waals surface area contributed by atoms with Gasteiger partial charge >= 0.3 is 0 Å². The summed E-state index contributed by atoms with van der Waals surface area (Å²) < 4.78 is 0. The zero-order valence-electron chi connectivity index (χ0n) is 11.3. The number of hydrogen-bond acceptors (Lipinski definition) is 3. The Kier molecular flexibility index (Phi) is 4.02. The number of nitrogens with one attached hydrogen (secondary N) is 1. The highest BCUT2D eigenvalue weighted by atomic mass is 32.1. The lowest BCUT2D eigenvalue weighted by atomic mass is 9.92. The summed E-state index contributed by atoms with van der Waals surface area (Å²) in [6, 6.07) is 6.06. The fraction of sp³-hybridized carbons (Fsp3) is 0.733. The molecule has 1 aliphatic carbocycles. The first kappa shape index (κ1) is 12.6. The van der Waals surface area contributed by atoms with Crippen LogP contribution in [0.5, 0.6) is 0 Å². The minimum absolute atomic E-state index is 0.713. The molecule has 1 aromatic heterocycles. The molecule has 0 bridgehead atoms. The van der Waals surface area contributed by atoms with E-state index >= 15 is 0 Å². The number of thiophene rings is 1. The van der Waals surface area contributed by atoms with Gasteiger partial charge in [0, 0.05) is 36.0 Å². The van der Waals surface area contributed by atoms with E-state index in [1.165, 1.54) is 45.3 Å². The Morgan fingerprint density at radius 3 is 2.89 bits per heavy atom. The Balaban J connectivity index is 1.65. The molecule has 0 spiro atoms. The highest BCUT2D eigenvalue weighted by molar-refractivity contribution is 7.10. The van der Waals surface area contributed by atoms with Crippen LogP contribution in [0.4, 0.5) is 0 Å². The van der Waals surface area contributed by atoms with Crippen molar-refractivity contribution in [2.45, 2.75) is 50.6 Å². The third-order valence-corrected chi connectivity index (χ3v) is 5.10. The zero-order valence-corrected chi connectivity index (χ0v) is 12.1. The van der Waals surface area contributed by atoms with Crippen LogP contribution in [0.1, 0.15) is 43.4 Å². The molecule has 2 unspecified atom stereocenters. The SMILES string of the molecule is CCCN1CC(NC2CC2)CC(c2cccs2)C1. The van der Waals surface area contributed by atoms with Crippen LogP contribution in [0.3, 0.4) is 0 Å². The van der Waals surface area contributed by atoms with Crippen molar-refractivity contribution >= 4 is 11.3 Å². The van der Waals surface area contributed by atoms with E-state index < -0.39 is 0 Å². The number of rotatable bonds is 5. The molecule has 0 amide bonds. The van der Waals surface area contributed by atoms with E-state index in [2.05, 4.69) is 34.7 Å². The number of hydrogen-bond donors (Lipinski definition) is 1. The molecule has 2 atom stereocenters. The largest absolute Gasteiger partial charge is 0.310 e. The lowest BCUT2D eigenvalue weighted by Gasteiger charge is -2.38. The first-order valence-corrected chi connectivity index (χ1v) is 8.25. The predicted octanol–water partition coefficient (Wildman–Crippen LogP) is 3.07. The van der Waals surface area contributed by atoms with Gasteiger partial charge in [0.25, 0.3) is 0 Å². The van der Waals surface area contributed by atoms with Crippen LogP contribution in [0.2, 0.25) is 0 Å². The van der Waals surface area contributed by atoms with Crippen molar-refractivity contribution in [2.75, 3.05) is 19.6 Å². The van der Waals surface area contributed by atoms with Crippen LogP contribution in [-0.2, 0) is 0 Å². The monoisotopic (exact) mass is 264 g/mol. The molecule has 1 saturated heterocycles. The minimum Gasteiger partial charge on any atom is -0.310 e. The molecule has 1 saturated carbocycles. The Labute approximate surface area is 114 Å². The topological polar surface area (TPSA) is 15.3 Å². The molecule has 0 radical (unpaired) electrons. The molecular weight excluding hydrogens is 240 g/mol. The van der Waals surface area contributed by atoms with Gasteiger partial charge in [-0.05, 0) is 43.7 Å². The molecule has 2 nitrogen and oxygen atoms in total. The van der Waals surface area contributed by atoms with Gasteiger partial charge in [0.05, 0.1) is 0 Å². The van der Waals surface area contributed by atoms with E-state index in [0.29, 0.717) is 6.04 Å². The van der Waals surface area contributed by atoms with Crippen LogP contribution < -0.4 is 5.32 Å². The van der Waals surface area contributed by atoms with Crippen molar-refractivity contribution in [3.05, 3.63) is 22.4 Å². The second kappa shape index (κ2) is 5.72. The maximum atomic E-state index is 3.84. The average Bonchev–Trinajstić information content (AvgIpc) is 3.00. The molecule has 1 aromatic rings. The molecule has 2 aliphatic rings. The molecule has 100 valence electrons. The predicted molar refractivity (Wildman–Crippen MR) is 78.4 cm³/mol. The lowest BCUT2D eigenvalue weighted by molar-refractivity contribution is 0.172. The van der Waals surface area contributed by atoms with Crippen LogP contribution >= 0.6 is 11.3 Å². The summed E-state index contributed by atoms with van der Waals surface area (Å²) in [6.45, 7) is 6.06. The normalized spacial score (nSPS) is 29.6. The third-order valence-electron chi connectivity index (χ3n) is 4.06. The molecular formula is C15H24N2S. The van der Waals surface area contributed by atoms with Gasteiger partial charge in [-0.15, -0.1) is 11.3 Å². The Bertz CT molecular complexity index is 359. The van der Waals surface area contributed by atoms with Gasteiger partial charge in [-0.3, -0.25) is 0 Å². The van der Waals surface area contributed by atoms with Gasteiger partial charge in [-0.25, -0.2) is 0 Å². The Morgan fingerprint density at radius 1 is 1.33 bits per heavy atom. The van der Waals surface area contributed by atoms with E-state index in [4.69, 9.17) is 0 Å². The molecule has 1 N–H and O–H groups in total. The lowest BCUT2D eigenvalue weighted by Crippen LogP contribution is -2.49. The van der Waals surface area contributed by atoms with Gasteiger partial charge in [0.15, 0.2) is 0 Å². The van der Waals surface area contributed by atoms with Crippen molar-refractivity contribution in [3.63, 3.8) is 0 Å². The van der Waals surface area contributed by atoms with Gasteiger partial charge in [-0.1, -0.05) is 13.0 Å². The molecule has 18 heavy (non-hydrogen) atoms. The van der Waals surface area contributed by atoms with Crippen molar-refractivity contribution in [1.82, 2.24) is 10.2 Å². The van der Waals surface area contributed by atoms with Crippen LogP contribution in [0, 0.1) is 0 Å². The fourth-order valence-electron chi connectivity index (χ4n) is 3.12. The van der Waals surface area contributed by atoms with Crippen LogP contribution in [-0.4, -0.2) is 36.6 Å². The third kappa shape index (κ3) is 3.14. The minimum atomic E-state index is 0.713. The highest BCUT2D eigenvalue weighted by Crippen LogP contribution is 2.31. The molecule has 1 aliphatic heterocycles. The van der Waals surface area contributed by atoms with Gasteiger partial charge in [-0.2, -0.15) is 0 Å². The second-order valence-corrected chi connectivity index (χ2v) is 6.82. The summed E-state index contributed by atoms with van der Waals surface area (Å²) >= 11 is 1.93. The van der Waals surface area contributed by atoms with E-state index in [1.807, 2.05) is 11.3 Å². The first-order chi connectivity index (χ1) is 8.85. The smallest absolute Gasteiger partial charge is 0.0204 e. The van der Waals surface area contributed by atoms with Crippen molar-refractivity contribution in [3.8, 4) is 0 Å². The number of piperidine rings is 1. The summed E-state index contributed by atoms with van der Waals surface area (Å²) in [5.41, 5.74) is 0. The van der Waals surface area contributed by atoms with Gasteiger partial charge in [0.2, 0.25) is 0 Å². The molecule has 2 heterocycles. The van der Waals surface area contributed by atoms with E-state index in [-0.39, 0.29) is 0 Å². The molecule has 3 rings (SSSR count). The number of nitrogens with zero attached hydrogens (tertiary/aromatic N) is 1. The second-order valence-electron chi connectivity index (χ2n) is 5.85. The van der Waals surface area contributed by atoms with Crippen LogP contribution in [0.25, 0.3) is 0 Å². The fourth-order valence-corrected chi connectivity index (χ4v) is 3.96. The van der Waals surface area contributed by atoms with Crippen molar-refractivity contribution in [1.29, 1.82) is 0 Å². The van der Waals surface area contributed by atoms with Crippen LogP contribution in [0.15, 0.2) is 17.5 Å². The van der Waals surface area contributed by atoms with Crippen molar-refractivity contribution < 1.29 is 0 Å². The summed E-state index contributed by atoms with van der Waals surface area (Å²) in [4.78, 5) is 4.24. The quantitative estimate of drug-likeness (QED) is 0.879. The Hall–Kier alpha value is -0.380. The molecule has 0 aromatic carbocycles. The zero-order chi connectivity index (χ0) is 12.4. The summed E-state index contributed by atoms with van der Waals surface area (Å²) in [6.07, 6.45) is 5.40. The number of likely N-dealkylation sites (tertiary alicyclic amines) is 1. The molecule has 3 heteroatoms. The maximum absolute atomic E-state index is 3.84. The standard InChI is InChI=1S/C15H24N2S/c1-2-7-17-10-12(15-4-3-8-18-15)9-14(11-17)16-13-5-6-13/h3-4,8,12-14,16H,2,5-7,9-11H2,1H3. The summed E-state index contributed by atoms with van der Waals surface area (Å²) in [5.74, 6) is 0.751. The maximum Gasteiger partial charge on any atom is 0.0204 e. The summed E-state index contributed by atoms with van der Waals surface area (Å²) in [5, 5.41) is 6.06. The van der Waals surface area contributed by atoms with Crippen molar-refractivity contribution in [2.24, 2.45) is 0 Å². The van der Waals surface area contributed by atoms with E-state index in [0.717, 1.165) is 12.0 Å². The Morgan fingerprint density at radius 2 is 2.22 bits per heavy atom. The highest BCUT2D eigenvalue weighted by Gasteiger charge is 2.32. The van der Waals surface area contributed by atoms with Gasteiger partial charge in [0.1, 0.15) is 0 Å². The van der Waals surface area contributed by atoms with Gasteiger partial charge < -0.3 is 10.2 Å². The molecule has 2 fully saturated rings. The van der Waals surface area contributed by atoms with E-state index in [9.17, 15) is 0 Å².